The topological polar surface area (TPSA) is 117 Å². The predicted molar refractivity (Wildman–Crippen MR) is 95.5 cm³/mol. The van der Waals surface area contributed by atoms with E-state index in [2.05, 4.69) is 15.5 Å². The van der Waals surface area contributed by atoms with Gasteiger partial charge in [0, 0.05) is 26.8 Å². The van der Waals surface area contributed by atoms with Crippen molar-refractivity contribution in [3.8, 4) is 0 Å². The molecule has 10 nitrogen and oxygen atoms in total. The number of nitrogens with zero attached hydrogens (tertiary/aromatic N) is 5. The van der Waals surface area contributed by atoms with Crippen LogP contribution in [0.2, 0.25) is 0 Å². The Hall–Kier alpha value is -3.14. The molecule has 0 aliphatic carbocycles. The molecule has 0 saturated carbocycles. The number of ether oxygens (including phenoxy) is 2. The summed E-state index contributed by atoms with van der Waals surface area (Å²) in [5.41, 5.74) is 0.673. The van der Waals surface area contributed by atoms with Crippen LogP contribution in [0.3, 0.4) is 0 Å². The number of tetrazole rings is 1. The molecule has 1 aliphatic rings. The fourth-order valence-corrected chi connectivity index (χ4v) is 2.91. The van der Waals surface area contributed by atoms with E-state index in [-0.39, 0.29) is 35.7 Å². The zero-order valence-electron chi connectivity index (χ0n) is 15.8. The Kier molecular flexibility index (Phi) is 6.09. The van der Waals surface area contributed by atoms with Crippen molar-refractivity contribution in [2.24, 2.45) is 0 Å². The molecule has 0 atom stereocenters. The van der Waals surface area contributed by atoms with Gasteiger partial charge < -0.3 is 9.47 Å². The summed E-state index contributed by atoms with van der Waals surface area (Å²) >= 11 is 0. The van der Waals surface area contributed by atoms with Crippen molar-refractivity contribution in [3.63, 3.8) is 0 Å². The van der Waals surface area contributed by atoms with Gasteiger partial charge in [0.25, 0.3) is 11.8 Å². The van der Waals surface area contributed by atoms with E-state index < -0.39 is 11.9 Å². The number of aromatic nitrogens is 4. The Balaban J connectivity index is 1.69. The highest BCUT2D eigenvalue weighted by Gasteiger charge is 2.35. The lowest BCUT2D eigenvalue weighted by Gasteiger charge is -2.12. The van der Waals surface area contributed by atoms with Crippen LogP contribution in [0.25, 0.3) is 0 Å². The number of rotatable bonds is 9. The van der Waals surface area contributed by atoms with Gasteiger partial charge in [0.05, 0.1) is 16.7 Å². The molecule has 0 bridgehead atoms. The quantitative estimate of drug-likeness (QED) is 0.356. The number of fused-ring (bicyclic) bond motifs is 1. The van der Waals surface area contributed by atoms with Crippen molar-refractivity contribution < 1.29 is 23.9 Å². The van der Waals surface area contributed by atoms with Crippen LogP contribution < -0.4 is 0 Å². The minimum atomic E-state index is -0.619. The number of aryl methyl sites for hydroxylation is 1. The van der Waals surface area contributed by atoms with Crippen molar-refractivity contribution in [1.29, 1.82) is 0 Å². The Morgan fingerprint density at radius 3 is 2.68 bits per heavy atom. The maximum atomic E-state index is 12.5. The van der Waals surface area contributed by atoms with Gasteiger partial charge in [-0.05, 0) is 41.5 Å². The molecule has 0 spiro atoms. The first-order chi connectivity index (χ1) is 13.6. The highest BCUT2D eigenvalue weighted by molar-refractivity contribution is 6.21. The van der Waals surface area contributed by atoms with Crippen LogP contribution in [0, 0.1) is 0 Å². The molecule has 0 fully saturated rings. The molecule has 2 heterocycles. The molecule has 148 valence electrons. The van der Waals surface area contributed by atoms with Crippen molar-refractivity contribution in [3.05, 3.63) is 40.7 Å². The van der Waals surface area contributed by atoms with Crippen LogP contribution in [-0.2, 0) is 22.6 Å². The smallest absolute Gasteiger partial charge is 0.338 e. The first-order valence-electron chi connectivity index (χ1n) is 8.98. The normalized spacial score (nSPS) is 13.1. The van der Waals surface area contributed by atoms with Crippen molar-refractivity contribution in [2.75, 3.05) is 20.3 Å². The van der Waals surface area contributed by atoms with Crippen LogP contribution in [0.5, 0.6) is 0 Å². The fourth-order valence-electron chi connectivity index (χ4n) is 2.91. The summed E-state index contributed by atoms with van der Waals surface area (Å²) in [6.45, 7) is 3.23. The molecule has 1 aromatic heterocycles. The number of imide groups is 1. The average Bonchev–Trinajstić information content (AvgIpc) is 3.24. The molecule has 28 heavy (non-hydrogen) atoms. The number of carbonyl (C=O) groups excluding carboxylic acids is 3. The van der Waals surface area contributed by atoms with Crippen LogP contribution >= 0.6 is 0 Å². The maximum Gasteiger partial charge on any atom is 0.338 e. The lowest BCUT2D eigenvalue weighted by Crippen LogP contribution is -2.31. The number of carbonyl (C=O) groups is 3. The van der Waals surface area contributed by atoms with Gasteiger partial charge >= 0.3 is 5.97 Å². The van der Waals surface area contributed by atoms with Gasteiger partial charge in [-0.2, -0.15) is 0 Å². The van der Waals surface area contributed by atoms with Gasteiger partial charge in [0.2, 0.25) is 0 Å². The van der Waals surface area contributed by atoms with Crippen molar-refractivity contribution in [1.82, 2.24) is 25.1 Å². The second kappa shape index (κ2) is 8.70. The summed E-state index contributed by atoms with van der Waals surface area (Å²) in [5, 5.41) is 11.2. The monoisotopic (exact) mass is 387 g/mol. The first-order valence-corrected chi connectivity index (χ1v) is 8.98. The van der Waals surface area contributed by atoms with Crippen molar-refractivity contribution in [2.45, 2.75) is 32.9 Å². The van der Waals surface area contributed by atoms with E-state index in [4.69, 9.17) is 9.47 Å². The van der Waals surface area contributed by atoms with Crippen molar-refractivity contribution >= 4 is 17.8 Å². The maximum absolute atomic E-state index is 12.5. The highest BCUT2D eigenvalue weighted by Crippen LogP contribution is 2.24. The Labute approximate surface area is 161 Å². The summed E-state index contributed by atoms with van der Waals surface area (Å²) in [4.78, 5) is 38.4. The summed E-state index contributed by atoms with van der Waals surface area (Å²) in [7, 11) is 1.56. The molecule has 10 heteroatoms. The lowest BCUT2D eigenvalue weighted by atomic mass is 10.1. The Bertz CT molecular complexity index is 894. The minimum absolute atomic E-state index is 0.0844. The number of hydrogen-bond acceptors (Lipinski definition) is 8. The third kappa shape index (κ3) is 3.91. The summed E-state index contributed by atoms with van der Waals surface area (Å²) in [6, 6.07) is 4.34. The second-order valence-corrected chi connectivity index (χ2v) is 6.26. The van der Waals surface area contributed by atoms with Gasteiger partial charge in [-0.25, -0.2) is 9.48 Å². The van der Waals surface area contributed by atoms with E-state index in [1.54, 1.807) is 11.8 Å². The zero-order valence-corrected chi connectivity index (χ0v) is 15.8. The summed E-state index contributed by atoms with van der Waals surface area (Å²) in [5.74, 6) is -0.966. The third-order valence-corrected chi connectivity index (χ3v) is 4.31. The molecule has 2 aromatic rings. The molecule has 3 rings (SSSR count). The van der Waals surface area contributed by atoms with Gasteiger partial charge in [-0.1, -0.05) is 6.92 Å². The van der Waals surface area contributed by atoms with E-state index >= 15 is 0 Å². The Morgan fingerprint density at radius 2 is 1.93 bits per heavy atom. The van der Waals surface area contributed by atoms with Crippen LogP contribution in [-0.4, -0.2) is 63.2 Å². The molecule has 0 N–H and O–H groups in total. The molecule has 2 amide bonds. The number of hydrogen-bond donors (Lipinski definition) is 0. The number of esters is 1. The molecular weight excluding hydrogens is 366 g/mol. The number of amides is 2. The average molecular weight is 387 g/mol. The minimum Gasteiger partial charge on any atom is -0.454 e. The molecule has 1 aliphatic heterocycles. The fraction of sp³-hybridized carbons (Fsp3) is 0.444. The van der Waals surface area contributed by atoms with Gasteiger partial charge in [-0.3, -0.25) is 14.5 Å². The van der Waals surface area contributed by atoms with E-state index in [1.807, 2.05) is 6.92 Å². The molecule has 0 unspecified atom stereocenters. The van der Waals surface area contributed by atoms with E-state index in [9.17, 15) is 14.4 Å². The lowest BCUT2D eigenvalue weighted by molar-refractivity contribution is 0.0456. The first kappa shape index (κ1) is 19.6. The SMILES string of the molecule is CCCn1nnnc1COC(=O)c1ccc2c(c1)C(=O)N(CCCOC)C2=O. The molecule has 1 aromatic carbocycles. The van der Waals surface area contributed by atoms with Crippen LogP contribution in [0.15, 0.2) is 18.2 Å². The van der Waals surface area contributed by atoms with E-state index in [0.29, 0.717) is 25.4 Å². The number of benzene rings is 1. The van der Waals surface area contributed by atoms with Gasteiger partial charge in [0.1, 0.15) is 0 Å². The van der Waals surface area contributed by atoms with Crippen LogP contribution in [0.1, 0.15) is 56.7 Å². The van der Waals surface area contributed by atoms with E-state index in [0.717, 1.165) is 11.3 Å². The molecule has 0 radical (unpaired) electrons. The number of methoxy groups -OCH3 is 1. The Morgan fingerprint density at radius 1 is 1.14 bits per heavy atom. The third-order valence-electron chi connectivity index (χ3n) is 4.31. The standard InChI is InChI=1S/C18H21N5O5/c1-3-7-23-15(19-20-21-23)11-28-18(26)12-5-6-13-14(10-12)17(25)22(16(13)24)8-4-9-27-2/h5-6,10H,3-4,7-9,11H2,1-2H3. The second-order valence-electron chi connectivity index (χ2n) is 6.26. The highest BCUT2D eigenvalue weighted by atomic mass is 16.5. The summed E-state index contributed by atoms with van der Waals surface area (Å²) in [6.07, 6.45) is 1.39. The zero-order chi connectivity index (χ0) is 20.1. The van der Waals surface area contributed by atoms with Gasteiger partial charge in [0.15, 0.2) is 12.4 Å². The molecule has 0 saturated heterocycles. The van der Waals surface area contributed by atoms with Crippen LogP contribution in [0.4, 0.5) is 0 Å². The van der Waals surface area contributed by atoms with E-state index in [1.165, 1.54) is 18.2 Å². The van der Waals surface area contributed by atoms with Gasteiger partial charge in [-0.15, -0.1) is 5.10 Å². The predicted octanol–water partition coefficient (Wildman–Crippen LogP) is 1.07. The largest absolute Gasteiger partial charge is 0.454 e. The summed E-state index contributed by atoms with van der Waals surface area (Å²) < 4.78 is 11.8. The molecular formula is C18H21N5O5.